The average Bonchev–Trinajstić information content (AvgIpc) is 2.75. The molecular formula is C13H16F2N4. The lowest BCUT2D eigenvalue weighted by Gasteiger charge is -2.12. The molecule has 1 aromatic carbocycles. The van der Waals surface area contributed by atoms with Gasteiger partial charge in [0.05, 0.1) is 12.1 Å². The molecular weight excluding hydrogens is 250 g/mol. The summed E-state index contributed by atoms with van der Waals surface area (Å²) in [7, 11) is 0. The molecule has 0 amide bonds. The predicted octanol–water partition coefficient (Wildman–Crippen LogP) is 2.34. The van der Waals surface area contributed by atoms with Gasteiger partial charge in [-0.15, -0.1) is 10.2 Å². The first-order chi connectivity index (χ1) is 9.04. The molecule has 1 heterocycles. The van der Waals surface area contributed by atoms with Crippen LogP contribution < -0.4 is 5.73 Å². The number of nitrogens with two attached hydrogens (primary N) is 1. The average molecular weight is 266 g/mol. The number of aromatic nitrogens is 3. The van der Waals surface area contributed by atoms with Gasteiger partial charge in [0.1, 0.15) is 5.82 Å². The zero-order valence-electron chi connectivity index (χ0n) is 10.9. The summed E-state index contributed by atoms with van der Waals surface area (Å²) in [5.41, 5.74) is 5.70. The van der Waals surface area contributed by atoms with Gasteiger partial charge in [-0.2, -0.15) is 0 Å². The van der Waals surface area contributed by atoms with Gasteiger partial charge >= 0.3 is 0 Å². The lowest BCUT2D eigenvalue weighted by Crippen LogP contribution is -2.13. The molecule has 0 spiro atoms. The number of nitrogens with zero attached hydrogens (tertiary/aromatic N) is 3. The van der Waals surface area contributed by atoms with Crippen LogP contribution in [0.2, 0.25) is 0 Å². The van der Waals surface area contributed by atoms with E-state index >= 15 is 0 Å². The Balaban J connectivity index is 2.55. The van der Waals surface area contributed by atoms with Crippen molar-refractivity contribution < 1.29 is 8.78 Å². The van der Waals surface area contributed by atoms with Crippen molar-refractivity contribution in [3.63, 3.8) is 0 Å². The smallest absolute Gasteiger partial charge is 0.169 e. The highest BCUT2D eigenvalue weighted by molar-refractivity contribution is 5.56. The van der Waals surface area contributed by atoms with Crippen molar-refractivity contribution in [2.45, 2.75) is 26.9 Å². The molecule has 0 radical (unpaired) electrons. The number of hydrogen-bond donors (Lipinski definition) is 1. The Bertz CT molecular complexity index is 578. The maximum Gasteiger partial charge on any atom is 0.169 e. The molecule has 0 fully saturated rings. The van der Waals surface area contributed by atoms with Crippen LogP contribution in [-0.2, 0) is 13.1 Å². The van der Waals surface area contributed by atoms with Crippen LogP contribution in [0.3, 0.4) is 0 Å². The van der Waals surface area contributed by atoms with Gasteiger partial charge in [-0.3, -0.25) is 0 Å². The van der Waals surface area contributed by atoms with Gasteiger partial charge in [0.15, 0.2) is 17.5 Å². The SMILES string of the molecule is CC(C)Cn1c(CN)nnc1-c1cccc(F)c1F. The Kier molecular flexibility index (Phi) is 3.90. The van der Waals surface area contributed by atoms with Crippen molar-refractivity contribution in [3.8, 4) is 11.4 Å². The van der Waals surface area contributed by atoms with Crippen LogP contribution in [0.25, 0.3) is 11.4 Å². The molecule has 0 saturated heterocycles. The van der Waals surface area contributed by atoms with Crippen LogP contribution in [0.1, 0.15) is 19.7 Å². The van der Waals surface area contributed by atoms with E-state index in [0.717, 1.165) is 6.07 Å². The van der Waals surface area contributed by atoms with Crippen molar-refractivity contribution in [2.75, 3.05) is 0 Å². The monoisotopic (exact) mass is 266 g/mol. The maximum absolute atomic E-state index is 13.8. The first-order valence-corrected chi connectivity index (χ1v) is 6.11. The Morgan fingerprint density at radius 3 is 2.63 bits per heavy atom. The van der Waals surface area contributed by atoms with Gasteiger partial charge in [0.2, 0.25) is 0 Å². The molecule has 0 aliphatic carbocycles. The number of benzene rings is 1. The van der Waals surface area contributed by atoms with Crippen molar-refractivity contribution >= 4 is 0 Å². The highest BCUT2D eigenvalue weighted by atomic mass is 19.2. The lowest BCUT2D eigenvalue weighted by molar-refractivity contribution is 0.499. The van der Waals surface area contributed by atoms with Crippen molar-refractivity contribution in [1.82, 2.24) is 14.8 Å². The fourth-order valence-corrected chi connectivity index (χ4v) is 1.92. The van der Waals surface area contributed by atoms with Gasteiger partial charge in [-0.1, -0.05) is 19.9 Å². The molecule has 0 aliphatic heterocycles. The molecule has 0 saturated carbocycles. The highest BCUT2D eigenvalue weighted by Gasteiger charge is 2.18. The van der Waals surface area contributed by atoms with Crippen LogP contribution in [0, 0.1) is 17.6 Å². The molecule has 19 heavy (non-hydrogen) atoms. The second kappa shape index (κ2) is 5.44. The van der Waals surface area contributed by atoms with Gasteiger partial charge in [0, 0.05) is 6.54 Å². The van der Waals surface area contributed by atoms with Crippen LogP contribution in [0.5, 0.6) is 0 Å². The third kappa shape index (κ3) is 2.63. The highest BCUT2D eigenvalue weighted by Crippen LogP contribution is 2.24. The van der Waals surface area contributed by atoms with Crippen molar-refractivity contribution in [3.05, 3.63) is 35.7 Å². The lowest BCUT2D eigenvalue weighted by atomic mass is 10.1. The van der Waals surface area contributed by atoms with Crippen LogP contribution in [0.15, 0.2) is 18.2 Å². The number of hydrogen-bond acceptors (Lipinski definition) is 3. The Labute approximate surface area is 110 Å². The fourth-order valence-electron chi connectivity index (χ4n) is 1.92. The first kappa shape index (κ1) is 13.6. The van der Waals surface area contributed by atoms with Crippen molar-refractivity contribution in [1.29, 1.82) is 0 Å². The summed E-state index contributed by atoms with van der Waals surface area (Å²) >= 11 is 0. The second-order valence-corrected chi connectivity index (χ2v) is 4.75. The van der Waals surface area contributed by atoms with Gasteiger partial charge in [-0.05, 0) is 18.1 Å². The number of halogens is 2. The molecule has 0 unspecified atom stereocenters. The molecule has 0 bridgehead atoms. The Morgan fingerprint density at radius 2 is 2.00 bits per heavy atom. The molecule has 0 aliphatic rings. The van der Waals surface area contributed by atoms with Crippen LogP contribution in [0.4, 0.5) is 8.78 Å². The molecule has 2 rings (SSSR count). The summed E-state index contributed by atoms with van der Waals surface area (Å²) in [5, 5.41) is 7.87. The molecule has 2 N–H and O–H groups in total. The summed E-state index contributed by atoms with van der Waals surface area (Å²) in [5.74, 6) is -0.621. The van der Waals surface area contributed by atoms with Crippen LogP contribution in [-0.4, -0.2) is 14.8 Å². The first-order valence-electron chi connectivity index (χ1n) is 6.11. The summed E-state index contributed by atoms with van der Waals surface area (Å²) in [4.78, 5) is 0. The van der Waals surface area contributed by atoms with Gasteiger partial charge in [-0.25, -0.2) is 8.78 Å². The van der Waals surface area contributed by atoms with E-state index in [1.807, 2.05) is 13.8 Å². The topological polar surface area (TPSA) is 56.7 Å². The second-order valence-electron chi connectivity index (χ2n) is 4.75. The van der Waals surface area contributed by atoms with Crippen molar-refractivity contribution in [2.24, 2.45) is 11.7 Å². The molecule has 6 heteroatoms. The minimum absolute atomic E-state index is 0.104. The standard InChI is InChI=1S/C13H16F2N4/c1-8(2)7-19-11(6-16)17-18-13(19)9-4-3-5-10(14)12(9)15/h3-5,8H,6-7,16H2,1-2H3. The van der Waals surface area contributed by atoms with E-state index < -0.39 is 11.6 Å². The maximum atomic E-state index is 13.8. The van der Waals surface area contributed by atoms with E-state index in [9.17, 15) is 8.78 Å². The fraction of sp³-hybridized carbons (Fsp3) is 0.385. The molecule has 4 nitrogen and oxygen atoms in total. The third-order valence-corrected chi connectivity index (χ3v) is 2.75. The summed E-state index contributed by atoms with van der Waals surface area (Å²) in [6.07, 6.45) is 0. The summed E-state index contributed by atoms with van der Waals surface area (Å²) in [6, 6.07) is 4.01. The zero-order valence-corrected chi connectivity index (χ0v) is 10.9. The van der Waals surface area contributed by atoms with Gasteiger partial charge < -0.3 is 10.3 Å². The van der Waals surface area contributed by atoms with E-state index in [4.69, 9.17) is 5.73 Å². The summed E-state index contributed by atoms with van der Waals surface area (Å²) in [6.45, 7) is 4.85. The molecule has 1 aromatic heterocycles. The molecule has 102 valence electrons. The predicted molar refractivity (Wildman–Crippen MR) is 68.1 cm³/mol. The largest absolute Gasteiger partial charge is 0.324 e. The van der Waals surface area contributed by atoms with Crippen LogP contribution >= 0.6 is 0 Å². The Morgan fingerprint density at radius 1 is 1.26 bits per heavy atom. The molecule has 0 atom stereocenters. The third-order valence-electron chi connectivity index (χ3n) is 2.75. The Hall–Kier alpha value is -1.82. The minimum Gasteiger partial charge on any atom is -0.324 e. The molecule has 2 aromatic rings. The summed E-state index contributed by atoms with van der Waals surface area (Å²) < 4.78 is 28.9. The zero-order chi connectivity index (χ0) is 14.0. The normalized spacial score (nSPS) is 11.3. The van der Waals surface area contributed by atoms with E-state index in [2.05, 4.69) is 10.2 Å². The van der Waals surface area contributed by atoms with E-state index in [1.165, 1.54) is 12.1 Å². The van der Waals surface area contributed by atoms with E-state index in [1.54, 1.807) is 4.57 Å². The van der Waals surface area contributed by atoms with E-state index in [0.29, 0.717) is 24.1 Å². The number of rotatable bonds is 4. The quantitative estimate of drug-likeness (QED) is 0.924. The van der Waals surface area contributed by atoms with E-state index in [-0.39, 0.29) is 12.1 Å². The van der Waals surface area contributed by atoms with Gasteiger partial charge in [0.25, 0.3) is 0 Å². The minimum atomic E-state index is -0.913.